The van der Waals surface area contributed by atoms with E-state index in [9.17, 15) is 13.2 Å². The van der Waals surface area contributed by atoms with Crippen molar-refractivity contribution in [2.75, 3.05) is 6.54 Å². The first-order chi connectivity index (χ1) is 9.97. The maximum absolute atomic E-state index is 13.3. The molecule has 3 atom stereocenters. The van der Waals surface area contributed by atoms with Crippen LogP contribution in [0.5, 0.6) is 0 Å². The van der Waals surface area contributed by atoms with Crippen molar-refractivity contribution in [3.63, 3.8) is 0 Å². The van der Waals surface area contributed by atoms with Crippen molar-refractivity contribution < 1.29 is 13.2 Å². The fraction of sp³-hybridized carbons (Fsp3) is 0.647. The van der Waals surface area contributed by atoms with E-state index in [1.807, 2.05) is 6.92 Å². The van der Waals surface area contributed by atoms with Crippen LogP contribution in [0, 0.1) is 11.8 Å². The van der Waals surface area contributed by atoms with E-state index in [-0.39, 0.29) is 6.04 Å². The molecule has 0 spiro atoms. The van der Waals surface area contributed by atoms with Gasteiger partial charge in [-0.05, 0) is 42.9 Å². The van der Waals surface area contributed by atoms with Gasteiger partial charge in [-0.1, -0.05) is 44.9 Å². The molecule has 1 nitrogen and oxygen atoms in total. The summed E-state index contributed by atoms with van der Waals surface area (Å²) in [5, 5.41) is 3.30. The lowest BCUT2D eigenvalue weighted by molar-refractivity contribution is -0.138. The Hall–Kier alpha value is -1.03. The molecule has 3 unspecified atom stereocenters. The SMILES string of the molecule is CCNC(c1ccccc1C(F)(F)F)C1CCC(CC)C1. The largest absolute Gasteiger partial charge is 0.416 e. The summed E-state index contributed by atoms with van der Waals surface area (Å²) in [5.41, 5.74) is -0.0792. The van der Waals surface area contributed by atoms with E-state index >= 15 is 0 Å². The molecule has 0 aromatic heterocycles. The molecule has 1 fully saturated rings. The molecule has 21 heavy (non-hydrogen) atoms. The summed E-state index contributed by atoms with van der Waals surface area (Å²) in [5.74, 6) is 0.965. The molecule has 1 N–H and O–H groups in total. The van der Waals surface area contributed by atoms with Gasteiger partial charge in [-0.25, -0.2) is 0 Å². The highest BCUT2D eigenvalue weighted by atomic mass is 19.4. The second kappa shape index (κ2) is 6.82. The minimum absolute atomic E-state index is 0.190. The van der Waals surface area contributed by atoms with Crippen LogP contribution < -0.4 is 5.32 Å². The fourth-order valence-electron chi connectivity index (χ4n) is 3.56. The lowest BCUT2D eigenvalue weighted by atomic mass is 9.87. The first kappa shape index (κ1) is 16.3. The molecule has 118 valence electrons. The first-order valence-electron chi connectivity index (χ1n) is 7.86. The molecule has 1 aliphatic rings. The highest BCUT2D eigenvalue weighted by Gasteiger charge is 2.38. The Balaban J connectivity index is 2.31. The third kappa shape index (κ3) is 3.79. The third-order valence-corrected chi connectivity index (χ3v) is 4.66. The number of hydrogen-bond donors (Lipinski definition) is 1. The van der Waals surface area contributed by atoms with Crippen molar-refractivity contribution in [2.24, 2.45) is 11.8 Å². The minimum Gasteiger partial charge on any atom is -0.310 e. The molecule has 1 saturated carbocycles. The summed E-state index contributed by atoms with van der Waals surface area (Å²) < 4.78 is 39.8. The summed E-state index contributed by atoms with van der Waals surface area (Å²) in [6.07, 6.45) is 0.0171. The standard InChI is InChI=1S/C17H24F3N/c1-3-12-9-10-13(11-12)16(21-4-2)14-7-5-6-8-15(14)17(18,19)20/h5-8,12-13,16,21H,3-4,9-11H2,1-2H3. The molecule has 2 rings (SSSR count). The molecular formula is C17H24F3N. The summed E-state index contributed by atoms with van der Waals surface area (Å²) in [4.78, 5) is 0. The van der Waals surface area contributed by atoms with E-state index in [2.05, 4.69) is 12.2 Å². The van der Waals surface area contributed by atoms with Gasteiger partial charge in [-0.2, -0.15) is 13.2 Å². The number of halogens is 3. The number of benzene rings is 1. The summed E-state index contributed by atoms with van der Waals surface area (Å²) in [6.45, 7) is 4.80. The van der Waals surface area contributed by atoms with Crippen LogP contribution in [0.15, 0.2) is 24.3 Å². The smallest absolute Gasteiger partial charge is 0.310 e. The van der Waals surface area contributed by atoms with Crippen LogP contribution in [-0.2, 0) is 6.18 Å². The lowest BCUT2D eigenvalue weighted by Gasteiger charge is -2.28. The number of rotatable bonds is 5. The predicted molar refractivity (Wildman–Crippen MR) is 79.0 cm³/mol. The second-order valence-corrected chi connectivity index (χ2v) is 5.97. The maximum atomic E-state index is 13.3. The van der Waals surface area contributed by atoms with Gasteiger partial charge in [0, 0.05) is 6.04 Å². The minimum atomic E-state index is -4.28. The molecule has 0 saturated heterocycles. The van der Waals surface area contributed by atoms with E-state index in [1.54, 1.807) is 12.1 Å². The average Bonchev–Trinajstić information content (AvgIpc) is 2.92. The molecular weight excluding hydrogens is 275 g/mol. The van der Waals surface area contributed by atoms with Crippen LogP contribution in [0.3, 0.4) is 0 Å². The van der Waals surface area contributed by atoms with Gasteiger partial charge in [0.15, 0.2) is 0 Å². The highest BCUT2D eigenvalue weighted by molar-refractivity contribution is 5.33. The predicted octanol–water partition coefficient (Wildman–Crippen LogP) is 5.18. The van der Waals surface area contributed by atoms with Crippen LogP contribution in [0.2, 0.25) is 0 Å². The molecule has 0 amide bonds. The number of nitrogens with one attached hydrogen (secondary N) is 1. The van der Waals surface area contributed by atoms with Gasteiger partial charge in [0.25, 0.3) is 0 Å². The second-order valence-electron chi connectivity index (χ2n) is 5.97. The molecule has 0 radical (unpaired) electrons. The highest BCUT2D eigenvalue weighted by Crippen LogP contribution is 2.43. The van der Waals surface area contributed by atoms with Crippen molar-refractivity contribution in [1.29, 1.82) is 0 Å². The zero-order chi connectivity index (χ0) is 15.5. The summed E-state index contributed by atoms with van der Waals surface area (Å²) >= 11 is 0. The van der Waals surface area contributed by atoms with Gasteiger partial charge >= 0.3 is 6.18 Å². The van der Waals surface area contributed by atoms with Gasteiger partial charge in [0.2, 0.25) is 0 Å². The third-order valence-electron chi connectivity index (χ3n) is 4.66. The van der Waals surface area contributed by atoms with E-state index in [0.29, 0.717) is 23.9 Å². The van der Waals surface area contributed by atoms with Gasteiger partial charge in [-0.3, -0.25) is 0 Å². The van der Waals surface area contributed by atoms with Crippen molar-refractivity contribution >= 4 is 0 Å². The molecule has 0 bridgehead atoms. The molecule has 0 heterocycles. The Morgan fingerprint density at radius 1 is 1.19 bits per heavy atom. The Kier molecular flexibility index (Phi) is 5.31. The zero-order valence-electron chi connectivity index (χ0n) is 12.7. The molecule has 0 aliphatic heterocycles. The average molecular weight is 299 g/mol. The van der Waals surface area contributed by atoms with Crippen molar-refractivity contribution in [3.05, 3.63) is 35.4 Å². The Bertz CT molecular complexity index is 456. The topological polar surface area (TPSA) is 12.0 Å². The zero-order valence-corrected chi connectivity index (χ0v) is 12.7. The Morgan fingerprint density at radius 2 is 1.90 bits per heavy atom. The van der Waals surface area contributed by atoms with Crippen LogP contribution in [0.1, 0.15) is 56.7 Å². The number of alkyl halides is 3. The van der Waals surface area contributed by atoms with E-state index in [0.717, 1.165) is 25.7 Å². The van der Waals surface area contributed by atoms with Crippen molar-refractivity contribution in [3.8, 4) is 0 Å². The monoisotopic (exact) mass is 299 g/mol. The van der Waals surface area contributed by atoms with Crippen molar-refractivity contribution in [2.45, 2.75) is 51.7 Å². The number of hydrogen-bond acceptors (Lipinski definition) is 1. The molecule has 1 aromatic carbocycles. The lowest BCUT2D eigenvalue weighted by Crippen LogP contribution is -2.29. The molecule has 4 heteroatoms. The van der Waals surface area contributed by atoms with Gasteiger partial charge in [0.1, 0.15) is 0 Å². The first-order valence-corrected chi connectivity index (χ1v) is 7.86. The van der Waals surface area contributed by atoms with Crippen LogP contribution in [0.4, 0.5) is 13.2 Å². The van der Waals surface area contributed by atoms with Crippen LogP contribution in [-0.4, -0.2) is 6.54 Å². The van der Waals surface area contributed by atoms with Gasteiger partial charge in [0.05, 0.1) is 5.56 Å². The summed E-state index contributed by atoms with van der Waals surface area (Å²) in [6, 6.07) is 5.82. The van der Waals surface area contributed by atoms with Crippen LogP contribution in [0.25, 0.3) is 0 Å². The Morgan fingerprint density at radius 3 is 2.48 bits per heavy atom. The van der Waals surface area contributed by atoms with Gasteiger partial charge < -0.3 is 5.32 Å². The van der Waals surface area contributed by atoms with E-state index < -0.39 is 11.7 Å². The maximum Gasteiger partial charge on any atom is 0.416 e. The van der Waals surface area contributed by atoms with E-state index in [1.165, 1.54) is 12.1 Å². The van der Waals surface area contributed by atoms with Crippen molar-refractivity contribution in [1.82, 2.24) is 5.32 Å². The fourth-order valence-corrected chi connectivity index (χ4v) is 3.56. The molecule has 1 aromatic rings. The normalized spacial score (nSPS) is 24.2. The Labute approximate surface area is 124 Å². The summed E-state index contributed by atoms with van der Waals surface area (Å²) in [7, 11) is 0. The molecule has 1 aliphatic carbocycles. The van der Waals surface area contributed by atoms with Crippen LogP contribution >= 0.6 is 0 Å². The van der Waals surface area contributed by atoms with E-state index in [4.69, 9.17) is 0 Å². The van der Waals surface area contributed by atoms with Gasteiger partial charge in [-0.15, -0.1) is 0 Å². The quantitative estimate of drug-likeness (QED) is 0.789.